The molecule has 0 aliphatic heterocycles. The van der Waals surface area contributed by atoms with E-state index >= 15 is 0 Å². The maximum atomic E-state index is 11.3. The molecule has 17 heavy (non-hydrogen) atoms. The van der Waals surface area contributed by atoms with Crippen molar-refractivity contribution in [2.75, 3.05) is 0 Å². The highest BCUT2D eigenvalue weighted by Crippen LogP contribution is 2.23. The Morgan fingerprint density at radius 3 is 1.53 bits per heavy atom. The molecule has 0 aromatic carbocycles. The predicted octanol–water partition coefficient (Wildman–Crippen LogP) is 2.35. The highest BCUT2D eigenvalue weighted by atomic mass is 16.5. The van der Waals surface area contributed by atoms with Gasteiger partial charge in [-0.15, -0.1) is 0 Å². The normalized spacial score (nSPS) is 20.2. The number of esters is 2. The van der Waals surface area contributed by atoms with Crippen LogP contribution in [-0.2, 0) is 19.1 Å². The van der Waals surface area contributed by atoms with E-state index in [0.717, 1.165) is 38.5 Å². The van der Waals surface area contributed by atoms with E-state index in [2.05, 4.69) is 0 Å². The predicted molar refractivity (Wildman–Crippen MR) is 61.3 cm³/mol. The lowest BCUT2D eigenvalue weighted by atomic mass is 9.96. The van der Waals surface area contributed by atoms with Crippen LogP contribution in [0.2, 0.25) is 0 Å². The smallest absolute Gasteiger partial charge is 0.306 e. The van der Waals surface area contributed by atoms with Crippen LogP contribution in [0.3, 0.4) is 0 Å². The van der Waals surface area contributed by atoms with Gasteiger partial charge in [-0.2, -0.15) is 0 Å². The van der Waals surface area contributed by atoms with Crippen LogP contribution in [0.1, 0.15) is 57.8 Å². The number of hydrogen-bond donors (Lipinski definition) is 0. The summed E-state index contributed by atoms with van der Waals surface area (Å²) in [4.78, 5) is 22.7. The average molecular weight is 240 g/mol. The van der Waals surface area contributed by atoms with Crippen molar-refractivity contribution >= 4 is 11.9 Å². The molecule has 0 amide bonds. The zero-order valence-electron chi connectivity index (χ0n) is 10.2. The Morgan fingerprint density at radius 2 is 1.24 bits per heavy atom. The Labute approximate surface area is 102 Å². The van der Waals surface area contributed by atoms with Gasteiger partial charge in [0.25, 0.3) is 0 Å². The molecule has 2 fully saturated rings. The summed E-state index contributed by atoms with van der Waals surface area (Å²) in [5.74, 6) is -0.350. The molecule has 0 saturated heterocycles. The second-order valence-corrected chi connectivity index (χ2v) is 4.94. The molecule has 0 unspecified atom stereocenters. The van der Waals surface area contributed by atoms with Gasteiger partial charge in [0.2, 0.25) is 0 Å². The van der Waals surface area contributed by atoms with Crippen LogP contribution in [0.25, 0.3) is 0 Å². The fourth-order valence-corrected chi connectivity index (χ4v) is 1.84. The van der Waals surface area contributed by atoms with Crippen molar-refractivity contribution in [3.05, 3.63) is 0 Å². The number of hydrogen-bond acceptors (Lipinski definition) is 4. The van der Waals surface area contributed by atoms with E-state index in [1.165, 1.54) is 0 Å². The number of rotatable bonds is 6. The van der Waals surface area contributed by atoms with Gasteiger partial charge in [-0.05, 0) is 44.9 Å². The number of ether oxygens (including phenoxy) is 2. The van der Waals surface area contributed by atoms with Gasteiger partial charge in [0.05, 0.1) is 0 Å². The zero-order valence-corrected chi connectivity index (χ0v) is 10.2. The lowest BCUT2D eigenvalue weighted by Gasteiger charge is -2.25. The van der Waals surface area contributed by atoms with Gasteiger partial charge in [-0.25, -0.2) is 0 Å². The molecule has 0 bridgehead atoms. The second-order valence-electron chi connectivity index (χ2n) is 4.94. The molecular weight excluding hydrogens is 220 g/mol. The van der Waals surface area contributed by atoms with Crippen LogP contribution in [0.5, 0.6) is 0 Å². The zero-order chi connectivity index (χ0) is 12.1. The van der Waals surface area contributed by atoms with Gasteiger partial charge < -0.3 is 9.47 Å². The SMILES string of the molecule is O=C(CCCC(=O)OC1CCC1)OC1CCC1. The summed E-state index contributed by atoms with van der Waals surface area (Å²) in [5.41, 5.74) is 0. The molecule has 0 aromatic heterocycles. The summed E-state index contributed by atoms with van der Waals surface area (Å²) in [6.45, 7) is 0. The molecule has 96 valence electrons. The third kappa shape index (κ3) is 4.02. The Kier molecular flexibility index (Phi) is 4.40. The first kappa shape index (κ1) is 12.4. The van der Waals surface area contributed by atoms with E-state index in [-0.39, 0.29) is 24.1 Å². The molecule has 0 spiro atoms. The molecule has 0 heterocycles. The van der Waals surface area contributed by atoms with Crippen molar-refractivity contribution in [3.63, 3.8) is 0 Å². The van der Waals surface area contributed by atoms with Gasteiger partial charge in [0, 0.05) is 12.8 Å². The third-order valence-electron chi connectivity index (χ3n) is 3.46. The highest BCUT2D eigenvalue weighted by molar-refractivity contribution is 5.72. The van der Waals surface area contributed by atoms with Gasteiger partial charge in [-0.1, -0.05) is 0 Å². The van der Waals surface area contributed by atoms with Crippen molar-refractivity contribution in [3.8, 4) is 0 Å². The Balaban J connectivity index is 1.49. The summed E-state index contributed by atoms with van der Waals surface area (Å²) >= 11 is 0. The number of carbonyl (C=O) groups is 2. The van der Waals surface area contributed by atoms with E-state index < -0.39 is 0 Å². The maximum Gasteiger partial charge on any atom is 0.306 e. The Bertz CT molecular complexity index is 251. The minimum atomic E-state index is -0.175. The molecule has 0 aromatic rings. The van der Waals surface area contributed by atoms with Crippen LogP contribution in [0.15, 0.2) is 0 Å². The summed E-state index contributed by atoms with van der Waals surface area (Å²) in [7, 11) is 0. The first-order valence-corrected chi connectivity index (χ1v) is 6.63. The van der Waals surface area contributed by atoms with Crippen LogP contribution < -0.4 is 0 Å². The minimum Gasteiger partial charge on any atom is -0.462 e. The van der Waals surface area contributed by atoms with E-state index in [1.54, 1.807) is 0 Å². The highest BCUT2D eigenvalue weighted by Gasteiger charge is 2.23. The van der Waals surface area contributed by atoms with E-state index in [1.807, 2.05) is 0 Å². The maximum absolute atomic E-state index is 11.3. The first-order chi connectivity index (χ1) is 8.24. The molecule has 4 heteroatoms. The molecule has 2 rings (SSSR count). The molecule has 0 radical (unpaired) electrons. The van der Waals surface area contributed by atoms with Gasteiger partial charge >= 0.3 is 11.9 Å². The van der Waals surface area contributed by atoms with Crippen molar-refractivity contribution in [2.45, 2.75) is 70.0 Å². The van der Waals surface area contributed by atoms with Gasteiger partial charge in [0.1, 0.15) is 12.2 Å². The lowest BCUT2D eigenvalue weighted by molar-refractivity contribution is -0.154. The van der Waals surface area contributed by atoms with Gasteiger partial charge in [0.15, 0.2) is 0 Å². The lowest BCUT2D eigenvalue weighted by Crippen LogP contribution is -2.26. The summed E-state index contributed by atoms with van der Waals surface area (Å²) in [5, 5.41) is 0. The topological polar surface area (TPSA) is 52.6 Å². The largest absolute Gasteiger partial charge is 0.462 e. The van der Waals surface area contributed by atoms with Crippen LogP contribution >= 0.6 is 0 Å². The van der Waals surface area contributed by atoms with Crippen molar-refractivity contribution in [1.29, 1.82) is 0 Å². The molecule has 4 nitrogen and oxygen atoms in total. The van der Waals surface area contributed by atoms with Gasteiger partial charge in [-0.3, -0.25) is 9.59 Å². The fraction of sp³-hybridized carbons (Fsp3) is 0.846. The number of carbonyl (C=O) groups excluding carboxylic acids is 2. The molecule has 2 saturated carbocycles. The molecule has 2 aliphatic carbocycles. The summed E-state index contributed by atoms with van der Waals surface area (Å²) in [6.07, 6.45) is 7.78. The second kappa shape index (κ2) is 6.03. The fourth-order valence-electron chi connectivity index (χ4n) is 1.84. The van der Waals surface area contributed by atoms with Crippen LogP contribution in [0.4, 0.5) is 0 Å². The quantitative estimate of drug-likeness (QED) is 0.669. The summed E-state index contributed by atoms with van der Waals surface area (Å²) in [6, 6.07) is 0. The molecule has 0 atom stereocenters. The monoisotopic (exact) mass is 240 g/mol. The standard InChI is InChI=1S/C13H20O4/c14-12(16-10-4-1-5-10)8-3-9-13(15)17-11-6-2-7-11/h10-11H,1-9H2. The van der Waals surface area contributed by atoms with E-state index in [4.69, 9.17) is 9.47 Å². The van der Waals surface area contributed by atoms with E-state index in [0.29, 0.717) is 19.3 Å². The van der Waals surface area contributed by atoms with Crippen molar-refractivity contribution in [1.82, 2.24) is 0 Å². The third-order valence-corrected chi connectivity index (χ3v) is 3.46. The minimum absolute atomic E-state index is 0.143. The van der Waals surface area contributed by atoms with Crippen molar-refractivity contribution < 1.29 is 19.1 Å². The first-order valence-electron chi connectivity index (χ1n) is 6.63. The van der Waals surface area contributed by atoms with Crippen molar-refractivity contribution in [2.24, 2.45) is 0 Å². The molecular formula is C13H20O4. The van der Waals surface area contributed by atoms with Crippen LogP contribution in [-0.4, -0.2) is 24.1 Å². The Morgan fingerprint density at radius 1 is 0.824 bits per heavy atom. The Hall–Kier alpha value is -1.06. The summed E-state index contributed by atoms with van der Waals surface area (Å²) < 4.78 is 10.4. The molecule has 0 N–H and O–H groups in total. The van der Waals surface area contributed by atoms with E-state index in [9.17, 15) is 9.59 Å². The average Bonchev–Trinajstić information content (AvgIpc) is 2.18. The molecule has 2 aliphatic rings. The van der Waals surface area contributed by atoms with Crippen LogP contribution in [0, 0.1) is 0 Å².